The van der Waals surface area contributed by atoms with E-state index in [1.54, 1.807) is 19.1 Å². The molecule has 0 aliphatic carbocycles. The van der Waals surface area contributed by atoms with Gasteiger partial charge in [0.2, 0.25) is 0 Å². The minimum absolute atomic E-state index is 0.341. The molecule has 1 aromatic heterocycles. The van der Waals surface area contributed by atoms with Gasteiger partial charge in [0.25, 0.3) is 5.91 Å². The SMILES string of the molecule is COC(=O)c1c(-c2ccc(C)cc2)csc1NC(=O)C(C)Oc1ccccc1. The molecule has 3 aromatic rings. The summed E-state index contributed by atoms with van der Waals surface area (Å²) < 4.78 is 10.6. The number of ether oxygens (including phenoxy) is 2. The van der Waals surface area contributed by atoms with E-state index in [2.05, 4.69) is 5.32 Å². The molecule has 6 heteroatoms. The van der Waals surface area contributed by atoms with Crippen molar-refractivity contribution < 1.29 is 19.1 Å². The number of hydrogen-bond donors (Lipinski definition) is 1. The molecule has 1 heterocycles. The van der Waals surface area contributed by atoms with Gasteiger partial charge in [0, 0.05) is 10.9 Å². The zero-order valence-corrected chi connectivity index (χ0v) is 16.7. The highest BCUT2D eigenvalue weighted by Gasteiger charge is 2.24. The summed E-state index contributed by atoms with van der Waals surface area (Å²) in [5, 5.41) is 5.08. The lowest BCUT2D eigenvalue weighted by Gasteiger charge is -2.14. The summed E-state index contributed by atoms with van der Waals surface area (Å²) >= 11 is 1.28. The highest BCUT2D eigenvalue weighted by molar-refractivity contribution is 7.15. The summed E-state index contributed by atoms with van der Waals surface area (Å²) in [7, 11) is 1.33. The topological polar surface area (TPSA) is 64.6 Å². The molecule has 1 N–H and O–H groups in total. The average Bonchev–Trinajstić information content (AvgIpc) is 3.12. The van der Waals surface area contributed by atoms with Crippen molar-refractivity contribution in [2.75, 3.05) is 12.4 Å². The molecule has 0 saturated heterocycles. The number of esters is 1. The Labute approximate surface area is 167 Å². The maximum atomic E-state index is 12.6. The third kappa shape index (κ3) is 4.40. The van der Waals surface area contributed by atoms with Crippen molar-refractivity contribution in [3.05, 3.63) is 71.1 Å². The summed E-state index contributed by atoms with van der Waals surface area (Å²) in [4.78, 5) is 25.0. The Bertz CT molecular complexity index is 964. The smallest absolute Gasteiger partial charge is 0.341 e. The van der Waals surface area contributed by atoms with Gasteiger partial charge in [0.15, 0.2) is 6.10 Å². The van der Waals surface area contributed by atoms with Gasteiger partial charge in [-0.25, -0.2) is 4.79 Å². The molecule has 1 unspecified atom stereocenters. The van der Waals surface area contributed by atoms with Gasteiger partial charge in [-0.15, -0.1) is 11.3 Å². The van der Waals surface area contributed by atoms with Crippen LogP contribution >= 0.6 is 11.3 Å². The van der Waals surface area contributed by atoms with E-state index >= 15 is 0 Å². The van der Waals surface area contributed by atoms with Gasteiger partial charge < -0.3 is 14.8 Å². The highest BCUT2D eigenvalue weighted by Crippen LogP contribution is 2.36. The Morgan fingerprint density at radius 3 is 2.36 bits per heavy atom. The number of carbonyl (C=O) groups excluding carboxylic acids is 2. The molecular formula is C22H21NO4S. The standard InChI is InChI=1S/C22H21NO4S/c1-14-9-11-16(12-10-14)18-13-28-21(19(18)22(25)26-3)23-20(24)15(2)27-17-7-5-4-6-8-17/h4-13,15H,1-3H3,(H,23,24). The van der Waals surface area contributed by atoms with Crippen LogP contribution in [0.1, 0.15) is 22.8 Å². The number of anilines is 1. The van der Waals surface area contributed by atoms with Gasteiger partial charge >= 0.3 is 5.97 Å². The largest absolute Gasteiger partial charge is 0.481 e. The number of benzene rings is 2. The van der Waals surface area contributed by atoms with Gasteiger partial charge in [-0.3, -0.25) is 4.79 Å². The fourth-order valence-corrected chi connectivity index (χ4v) is 3.63. The third-order valence-corrected chi connectivity index (χ3v) is 5.10. The van der Waals surface area contributed by atoms with Crippen LogP contribution in [-0.4, -0.2) is 25.1 Å². The molecule has 1 atom stereocenters. The predicted molar refractivity (Wildman–Crippen MR) is 111 cm³/mol. The van der Waals surface area contributed by atoms with E-state index in [-0.39, 0.29) is 5.91 Å². The number of para-hydroxylation sites is 1. The van der Waals surface area contributed by atoms with Crippen molar-refractivity contribution in [3.8, 4) is 16.9 Å². The maximum Gasteiger partial charge on any atom is 0.341 e. The molecule has 144 valence electrons. The molecule has 28 heavy (non-hydrogen) atoms. The van der Waals surface area contributed by atoms with Crippen LogP contribution in [0, 0.1) is 6.92 Å². The molecule has 0 bridgehead atoms. The lowest BCUT2D eigenvalue weighted by atomic mass is 10.0. The first-order valence-corrected chi connectivity index (χ1v) is 9.67. The Hall–Kier alpha value is -3.12. The van der Waals surface area contributed by atoms with E-state index in [9.17, 15) is 9.59 Å². The fourth-order valence-electron chi connectivity index (χ4n) is 2.67. The summed E-state index contributed by atoms with van der Waals surface area (Å²) in [6.07, 6.45) is -0.724. The first-order chi connectivity index (χ1) is 13.5. The number of carbonyl (C=O) groups is 2. The quantitative estimate of drug-likeness (QED) is 0.602. The number of thiophene rings is 1. The van der Waals surface area contributed by atoms with Crippen molar-refractivity contribution in [2.45, 2.75) is 20.0 Å². The van der Waals surface area contributed by atoms with Gasteiger partial charge in [0.05, 0.1) is 7.11 Å². The van der Waals surface area contributed by atoms with E-state index in [4.69, 9.17) is 9.47 Å². The fraction of sp³-hybridized carbons (Fsp3) is 0.182. The normalized spacial score (nSPS) is 11.5. The Balaban J connectivity index is 1.84. The van der Waals surface area contributed by atoms with E-state index in [0.29, 0.717) is 16.3 Å². The zero-order valence-electron chi connectivity index (χ0n) is 15.9. The van der Waals surface area contributed by atoms with Crippen LogP contribution in [0.3, 0.4) is 0 Å². The number of amides is 1. The van der Waals surface area contributed by atoms with Crippen LogP contribution in [0.2, 0.25) is 0 Å². The number of nitrogens with one attached hydrogen (secondary N) is 1. The maximum absolute atomic E-state index is 12.6. The Morgan fingerprint density at radius 2 is 1.71 bits per heavy atom. The molecule has 0 spiro atoms. The van der Waals surface area contributed by atoms with Gasteiger partial charge in [-0.1, -0.05) is 48.0 Å². The van der Waals surface area contributed by atoms with Gasteiger partial charge in [-0.2, -0.15) is 0 Å². The van der Waals surface area contributed by atoms with Crippen LogP contribution < -0.4 is 10.1 Å². The van der Waals surface area contributed by atoms with Gasteiger partial charge in [-0.05, 0) is 31.5 Å². The second-order valence-corrected chi connectivity index (χ2v) is 7.15. The summed E-state index contributed by atoms with van der Waals surface area (Å²) in [6, 6.07) is 16.9. The zero-order chi connectivity index (χ0) is 20.1. The molecule has 3 rings (SSSR count). The summed E-state index contributed by atoms with van der Waals surface area (Å²) in [5.74, 6) is -0.236. The van der Waals surface area contributed by atoms with Crippen molar-refractivity contribution >= 4 is 28.2 Å². The molecular weight excluding hydrogens is 374 g/mol. The molecule has 0 aliphatic heterocycles. The van der Waals surface area contributed by atoms with Gasteiger partial charge in [0.1, 0.15) is 16.3 Å². The number of methoxy groups -OCH3 is 1. The van der Waals surface area contributed by atoms with Crippen molar-refractivity contribution in [1.29, 1.82) is 0 Å². The lowest BCUT2D eigenvalue weighted by molar-refractivity contribution is -0.122. The molecule has 2 aromatic carbocycles. The Kier molecular flexibility index (Phi) is 6.11. The highest BCUT2D eigenvalue weighted by atomic mass is 32.1. The predicted octanol–water partition coefficient (Wildman–Crippen LogP) is 4.92. The monoisotopic (exact) mass is 395 g/mol. The number of hydrogen-bond acceptors (Lipinski definition) is 5. The molecule has 0 fully saturated rings. The van der Waals surface area contributed by atoms with Crippen LogP contribution in [0.25, 0.3) is 11.1 Å². The molecule has 5 nitrogen and oxygen atoms in total. The first kappa shape index (κ1) is 19.6. The van der Waals surface area contributed by atoms with Crippen molar-refractivity contribution in [1.82, 2.24) is 0 Å². The van der Waals surface area contributed by atoms with E-state index in [1.807, 2.05) is 54.8 Å². The average molecular weight is 395 g/mol. The summed E-state index contributed by atoms with van der Waals surface area (Å²) in [5.41, 5.74) is 3.08. The first-order valence-electron chi connectivity index (χ1n) is 8.79. The summed E-state index contributed by atoms with van der Waals surface area (Å²) in [6.45, 7) is 3.66. The van der Waals surface area contributed by atoms with Crippen LogP contribution in [0.15, 0.2) is 60.0 Å². The number of aryl methyl sites for hydroxylation is 1. The molecule has 0 saturated carbocycles. The minimum atomic E-state index is -0.724. The van der Waals surface area contributed by atoms with E-state index < -0.39 is 12.1 Å². The van der Waals surface area contributed by atoms with Crippen LogP contribution in [-0.2, 0) is 9.53 Å². The van der Waals surface area contributed by atoms with E-state index in [0.717, 1.165) is 16.7 Å². The lowest BCUT2D eigenvalue weighted by Crippen LogP contribution is -2.30. The van der Waals surface area contributed by atoms with Crippen molar-refractivity contribution in [3.63, 3.8) is 0 Å². The third-order valence-electron chi connectivity index (χ3n) is 4.21. The molecule has 0 radical (unpaired) electrons. The molecule has 0 aliphatic rings. The second kappa shape index (κ2) is 8.71. The molecule has 1 amide bonds. The van der Waals surface area contributed by atoms with Crippen molar-refractivity contribution in [2.24, 2.45) is 0 Å². The van der Waals surface area contributed by atoms with Crippen LogP contribution in [0.4, 0.5) is 5.00 Å². The Morgan fingerprint density at radius 1 is 1.04 bits per heavy atom. The number of rotatable bonds is 6. The van der Waals surface area contributed by atoms with Crippen LogP contribution in [0.5, 0.6) is 5.75 Å². The van der Waals surface area contributed by atoms with E-state index in [1.165, 1.54) is 18.4 Å². The minimum Gasteiger partial charge on any atom is -0.481 e. The second-order valence-electron chi connectivity index (χ2n) is 6.27.